The third-order valence-corrected chi connectivity index (χ3v) is 10.3. The van der Waals surface area contributed by atoms with Crippen LogP contribution in [0.25, 0.3) is 56.0 Å². The van der Waals surface area contributed by atoms with Gasteiger partial charge in [-0.1, -0.05) is 161 Å². The lowest BCUT2D eigenvalue weighted by Crippen LogP contribution is -2.20. The molecule has 48 heavy (non-hydrogen) atoms. The van der Waals surface area contributed by atoms with Crippen molar-refractivity contribution in [1.82, 2.24) is 9.97 Å². The summed E-state index contributed by atoms with van der Waals surface area (Å²) in [5, 5.41) is 0. The molecule has 2 nitrogen and oxygen atoms in total. The van der Waals surface area contributed by atoms with Gasteiger partial charge in [0.2, 0.25) is 0 Å². The predicted molar refractivity (Wildman–Crippen MR) is 200 cm³/mol. The molecule has 2 aromatic heterocycles. The first-order valence-corrected chi connectivity index (χ1v) is 16.7. The fourth-order valence-corrected chi connectivity index (χ4v) is 6.90. The van der Waals surface area contributed by atoms with Gasteiger partial charge in [0, 0.05) is 16.4 Å². The van der Waals surface area contributed by atoms with Gasteiger partial charge in [0.1, 0.15) is 0 Å². The van der Waals surface area contributed by atoms with Crippen LogP contribution < -0.4 is 0 Å². The Bertz CT molecular complexity index is 2220. The highest BCUT2D eigenvalue weighted by Gasteiger charge is 2.26. The minimum Gasteiger partial charge on any atom is -0.250 e. The lowest BCUT2D eigenvalue weighted by molar-refractivity contribution is 0.617. The Balaban J connectivity index is 1.23. The fourth-order valence-electron chi connectivity index (χ4n) is 6.90. The first kappa shape index (κ1) is 29.8. The highest BCUT2D eigenvalue weighted by atomic mass is 14.8. The largest absolute Gasteiger partial charge is 0.250 e. The van der Waals surface area contributed by atoms with Gasteiger partial charge < -0.3 is 0 Å². The van der Waals surface area contributed by atoms with Crippen molar-refractivity contribution in [3.05, 3.63) is 180 Å². The summed E-state index contributed by atoms with van der Waals surface area (Å²) in [6, 6.07) is 57.1. The summed E-state index contributed by atoms with van der Waals surface area (Å²) >= 11 is 0. The number of pyridine rings is 2. The number of fused-ring (bicyclic) bond motifs is 1. The third-order valence-electron chi connectivity index (χ3n) is 10.3. The lowest BCUT2D eigenvalue weighted by atomic mass is 9.77. The molecule has 0 saturated heterocycles. The summed E-state index contributed by atoms with van der Waals surface area (Å²) in [6.07, 6.45) is 0. The zero-order valence-electron chi connectivity index (χ0n) is 27.9. The summed E-state index contributed by atoms with van der Waals surface area (Å²) < 4.78 is 0. The van der Waals surface area contributed by atoms with E-state index < -0.39 is 0 Å². The van der Waals surface area contributed by atoms with Crippen LogP contribution in [0.1, 0.15) is 50.1 Å². The van der Waals surface area contributed by atoms with Gasteiger partial charge in [-0.25, -0.2) is 4.98 Å². The molecule has 0 fully saturated rings. The smallest absolute Gasteiger partial charge is 0.0893 e. The first-order valence-electron chi connectivity index (χ1n) is 16.7. The molecule has 8 aliphatic heterocycles. The highest BCUT2D eigenvalue weighted by molar-refractivity contribution is 5.73. The highest BCUT2D eigenvalue weighted by Crippen LogP contribution is 2.37. The van der Waals surface area contributed by atoms with Crippen molar-refractivity contribution >= 4 is 0 Å². The summed E-state index contributed by atoms with van der Waals surface area (Å²) in [4.78, 5) is 10.2. The van der Waals surface area contributed by atoms with E-state index in [2.05, 4.69) is 179 Å². The summed E-state index contributed by atoms with van der Waals surface area (Å²) in [5.74, 6) is 0. The standard InChI is InChI=1S/C46H38N2/c1-45(2)38-25-19-34(20-26-38)32-13-11-31(12-14-32)33-15-17-37(18-16-33)41-7-5-8-42(47-41)43-9-6-10-44(48-43)46(3,4)40-29-23-36(24-30-40)35-21-27-39(45)28-22-35/h5-30H,1-4H3. The van der Waals surface area contributed by atoms with Crippen LogP contribution in [0.4, 0.5) is 0 Å². The topological polar surface area (TPSA) is 25.8 Å². The molecule has 10 heterocycles. The molecule has 0 saturated carbocycles. The summed E-state index contributed by atoms with van der Waals surface area (Å²) in [7, 11) is 0. The minimum absolute atomic E-state index is 0.124. The van der Waals surface area contributed by atoms with Gasteiger partial charge in [-0.15, -0.1) is 0 Å². The second-order valence-electron chi connectivity index (χ2n) is 14.0. The average Bonchev–Trinajstić information content (AvgIpc) is 3.15. The maximum absolute atomic E-state index is 5.16. The fraction of sp³-hybridized carbons (Fsp3) is 0.130. The Kier molecular flexibility index (Phi) is 7.18. The van der Waals surface area contributed by atoms with Gasteiger partial charge >= 0.3 is 0 Å². The molecule has 0 aliphatic carbocycles. The number of aromatic nitrogens is 2. The molecular formula is C46H38N2. The number of nitrogens with zero attached hydrogens (tertiary/aromatic N) is 2. The number of rotatable bonds is 0. The van der Waals surface area contributed by atoms with E-state index in [4.69, 9.17) is 9.97 Å². The normalized spacial score (nSPS) is 14.2. The van der Waals surface area contributed by atoms with Gasteiger partial charge in [-0.05, 0) is 74.3 Å². The maximum atomic E-state index is 5.16. The van der Waals surface area contributed by atoms with E-state index in [1.807, 2.05) is 6.07 Å². The molecule has 0 amide bonds. The Morgan fingerprint density at radius 1 is 0.292 bits per heavy atom. The van der Waals surface area contributed by atoms with Gasteiger partial charge in [-0.3, -0.25) is 4.98 Å². The molecule has 0 unspecified atom stereocenters. The molecule has 0 radical (unpaired) electrons. The molecule has 8 aliphatic rings. The molecule has 7 aromatic rings. The van der Waals surface area contributed by atoms with Crippen LogP contribution in [0.2, 0.25) is 0 Å². The molecule has 5 aromatic carbocycles. The van der Waals surface area contributed by atoms with E-state index in [0.29, 0.717) is 0 Å². The maximum Gasteiger partial charge on any atom is 0.0893 e. The predicted octanol–water partition coefficient (Wildman–Crippen LogP) is 11.8. The van der Waals surface area contributed by atoms with Crippen molar-refractivity contribution in [1.29, 1.82) is 0 Å². The zero-order chi connectivity index (χ0) is 32.9. The van der Waals surface area contributed by atoms with Gasteiger partial charge in [0.25, 0.3) is 0 Å². The van der Waals surface area contributed by atoms with Gasteiger partial charge in [-0.2, -0.15) is 0 Å². The van der Waals surface area contributed by atoms with E-state index >= 15 is 0 Å². The van der Waals surface area contributed by atoms with Gasteiger partial charge in [0.15, 0.2) is 0 Å². The van der Waals surface area contributed by atoms with Crippen LogP contribution in [-0.2, 0) is 10.8 Å². The van der Waals surface area contributed by atoms with Crippen molar-refractivity contribution in [3.63, 3.8) is 0 Å². The minimum atomic E-state index is -0.286. The Morgan fingerprint density at radius 2 is 0.604 bits per heavy atom. The van der Waals surface area contributed by atoms with Crippen LogP contribution in [0.3, 0.4) is 0 Å². The molecular weight excluding hydrogens is 581 g/mol. The number of benzene rings is 5. The quantitative estimate of drug-likeness (QED) is 0.169. The molecule has 15 rings (SSSR count). The number of hydrogen-bond acceptors (Lipinski definition) is 2. The van der Waals surface area contributed by atoms with Crippen molar-refractivity contribution in [2.24, 2.45) is 0 Å². The average molecular weight is 619 g/mol. The van der Waals surface area contributed by atoms with Gasteiger partial charge in [0.05, 0.1) is 22.8 Å². The second-order valence-corrected chi connectivity index (χ2v) is 14.0. The van der Waals surface area contributed by atoms with Crippen molar-refractivity contribution < 1.29 is 0 Å². The summed E-state index contributed by atoms with van der Waals surface area (Å²) in [5.41, 5.74) is 15.4. The van der Waals surface area contributed by atoms with Crippen LogP contribution in [0.15, 0.2) is 158 Å². The van der Waals surface area contributed by atoms with Crippen LogP contribution >= 0.6 is 0 Å². The van der Waals surface area contributed by atoms with Crippen LogP contribution in [0.5, 0.6) is 0 Å². The molecule has 14 bridgehead atoms. The molecule has 2 heteroatoms. The monoisotopic (exact) mass is 618 g/mol. The Hall–Kier alpha value is -5.60. The van der Waals surface area contributed by atoms with Crippen molar-refractivity contribution in [2.75, 3.05) is 0 Å². The van der Waals surface area contributed by atoms with E-state index in [0.717, 1.165) is 28.3 Å². The molecule has 0 N–H and O–H groups in total. The van der Waals surface area contributed by atoms with E-state index in [1.165, 1.54) is 50.1 Å². The van der Waals surface area contributed by atoms with Crippen LogP contribution in [0, 0.1) is 0 Å². The van der Waals surface area contributed by atoms with Crippen LogP contribution in [-0.4, -0.2) is 9.97 Å². The van der Waals surface area contributed by atoms with Crippen molar-refractivity contribution in [2.45, 2.75) is 38.5 Å². The third kappa shape index (κ3) is 5.34. The Labute approximate surface area is 283 Å². The summed E-state index contributed by atoms with van der Waals surface area (Å²) in [6.45, 7) is 9.11. The van der Waals surface area contributed by atoms with Crippen molar-refractivity contribution in [3.8, 4) is 56.0 Å². The zero-order valence-corrected chi connectivity index (χ0v) is 27.9. The first-order chi connectivity index (χ1) is 23.3. The number of hydrogen-bond donors (Lipinski definition) is 0. The second kappa shape index (κ2) is 11.6. The van der Waals surface area contributed by atoms with E-state index in [1.54, 1.807) is 0 Å². The SMILES string of the molecule is CC1(C)c2ccc(cc2)-c2ccc(cc2)-c2ccc(cc2)-c2cccc(n2)-c2cccc(n2)C(C)(C)c2ccc(cc2)-c2ccc1cc2. The Morgan fingerprint density at radius 3 is 1.04 bits per heavy atom. The lowest BCUT2D eigenvalue weighted by Gasteiger charge is -2.27. The molecule has 0 atom stereocenters. The molecule has 0 spiro atoms. The van der Waals surface area contributed by atoms with E-state index in [9.17, 15) is 0 Å². The van der Waals surface area contributed by atoms with E-state index in [-0.39, 0.29) is 10.8 Å². The molecule has 232 valence electrons.